The molecule has 2 heterocycles. The van der Waals surface area contributed by atoms with Crippen LogP contribution < -0.4 is 11.1 Å². The molecule has 0 fully saturated rings. The molecule has 0 bridgehead atoms. The van der Waals surface area contributed by atoms with E-state index in [-0.39, 0.29) is 17.3 Å². The summed E-state index contributed by atoms with van der Waals surface area (Å²) in [5, 5.41) is 23.4. The van der Waals surface area contributed by atoms with Crippen LogP contribution in [0.3, 0.4) is 0 Å². The molecule has 4 rings (SSSR count). The van der Waals surface area contributed by atoms with Gasteiger partial charge in [0.15, 0.2) is 5.95 Å². The number of hydrogen-bond acceptors (Lipinski definition) is 8. The zero-order chi connectivity index (χ0) is 24.0. The standard InChI is InChI=1S/C11H10N4O3.C9H8N4O2/c1-7(16)13-11-12-6-10(14-11)8-2-4-9(5-3-8)15(17)18;10-9-11-5-8(12-9)6-1-3-7(4-2-6)13(14)15/h2-6H,1H3,(H2,12,13,14,16);1-5H,(H3,10,11,12). The Morgan fingerprint density at radius 3 is 1.70 bits per heavy atom. The average molecular weight is 450 g/mol. The van der Waals surface area contributed by atoms with Gasteiger partial charge in [-0.25, -0.2) is 9.97 Å². The Morgan fingerprint density at radius 1 is 0.848 bits per heavy atom. The highest BCUT2D eigenvalue weighted by Gasteiger charge is 2.08. The molecule has 0 radical (unpaired) electrons. The molecule has 2 aromatic carbocycles. The van der Waals surface area contributed by atoms with E-state index in [0.29, 0.717) is 17.6 Å². The number of aromatic amines is 2. The summed E-state index contributed by atoms with van der Waals surface area (Å²) in [4.78, 5) is 44.4. The number of nitro groups is 2. The number of imidazole rings is 2. The number of rotatable bonds is 5. The van der Waals surface area contributed by atoms with Gasteiger partial charge in [-0.05, 0) is 24.3 Å². The van der Waals surface area contributed by atoms with Crippen LogP contribution in [-0.4, -0.2) is 35.7 Å². The Hall–Kier alpha value is -5.07. The van der Waals surface area contributed by atoms with E-state index in [2.05, 4.69) is 25.3 Å². The topological polar surface area (TPSA) is 199 Å². The first-order valence-electron chi connectivity index (χ1n) is 9.35. The van der Waals surface area contributed by atoms with Gasteiger partial charge < -0.3 is 15.7 Å². The number of nitrogens with zero attached hydrogens (tertiary/aromatic N) is 4. The van der Waals surface area contributed by atoms with Crippen molar-refractivity contribution >= 4 is 29.2 Å². The number of nitrogens with two attached hydrogens (primary N) is 1. The normalized spacial score (nSPS) is 10.1. The van der Waals surface area contributed by atoms with Crippen molar-refractivity contribution in [3.63, 3.8) is 0 Å². The third-order valence-electron chi connectivity index (χ3n) is 4.24. The van der Waals surface area contributed by atoms with Crippen LogP contribution in [-0.2, 0) is 4.79 Å². The van der Waals surface area contributed by atoms with Gasteiger partial charge in [0.25, 0.3) is 11.4 Å². The number of amides is 1. The minimum atomic E-state index is -0.459. The Kier molecular flexibility index (Phi) is 6.73. The molecule has 0 unspecified atom stereocenters. The molecule has 0 saturated carbocycles. The third kappa shape index (κ3) is 5.97. The number of anilines is 2. The fraction of sp³-hybridized carbons (Fsp3) is 0.0500. The van der Waals surface area contributed by atoms with Gasteiger partial charge in [-0.1, -0.05) is 0 Å². The lowest BCUT2D eigenvalue weighted by Crippen LogP contribution is -2.06. The Labute approximate surface area is 186 Å². The van der Waals surface area contributed by atoms with Gasteiger partial charge in [0.1, 0.15) is 0 Å². The SMILES string of the molecule is CC(=O)Nc1ncc(-c2ccc([N+](=O)[O-])cc2)[nH]1.Nc1ncc(-c2ccc([N+](=O)[O-])cc2)[nH]1. The van der Waals surface area contributed by atoms with E-state index in [1.165, 1.54) is 31.2 Å². The Balaban J connectivity index is 0.000000189. The summed E-state index contributed by atoms with van der Waals surface area (Å²) in [6.07, 6.45) is 3.13. The number of non-ortho nitro benzene ring substituents is 2. The van der Waals surface area contributed by atoms with Crippen molar-refractivity contribution in [1.82, 2.24) is 19.9 Å². The van der Waals surface area contributed by atoms with Gasteiger partial charge in [0.05, 0.1) is 33.6 Å². The average Bonchev–Trinajstić information content (AvgIpc) is 3.43. The number of H-pyrrole nitrogens is 2. The van der Waals surface area contributed by atoms with E-state index >= 15 is 0 Å². The Bertz CT molecular complexity index is 1280. The molecule has 0 aliphatic heterocycles. The van der Waals surface area contributed by atoms with Crippen LogP contribution in [0.4, 0.5) is 23.3 Å². The first kappa shape index (κ1) is 22.6. The lowest BCUT2D eigenvalue weighted by atomic mass is 10.1. The first-order chi connectivity index (χ1) is 15.7. The van der Waals surface area contributed by atoms with E-state index in [1.807, 2.05) is 0 Å². The van der Waals surface area contributed by atoms with Gasteiger partial charge in [0.2, 0.25) is 11.9 Å². The predicted molar refractivity (Wildman–Crippen MR) is 120 cm³/mol. The number of nitro benzene ring substituents is 2. The summed E-state index contributed by atoms with van der Waals surface area (Å²) in [6.45, 7) is 1.38. The second-order valence-electron chi connectivity index (χ2n) is 6.62. The van der Waals surface area contributed by atoms with Crippen LogP contribution in [0.1, 0.15) is 6.92 Å². The maximum absolute atomic E-state index is 10.8. The summed E-state index contributed by atoms with van der Waals surface area (Å²) in [7, 11) is 0. The van der Waals surface area contributed by atoms with Crippen molar-refractivity contribution in [2.45, 2.75) is 6.92 Å². The number of carbonyl (C=O) groups is 1. The molecule has 33 heavy (non-hydrogen) atoms. The van der Waals surface area contributed by atoms with Crippen LogP contribution in [0.15, 0.2) is 60.9 Å². The molecule has 1 amide bonds. The predicted octanol–water partition coefficient (Wildman–Crippen LogP) is 3.51. The lowest BCUT2D eigenvalue weighted by Gasteiger charge is -1.97. The van der Waals surface area contributed by atoms with Crippen LogP contribution in [0.5, 0.6) is 0 Å². The highest BCUT2D eigenvalue weighted by molar-refractivity contribution is 5.87. The zero-order valence-electron chi connectivity index (χ0n) is 17.2. The monoisotopic (exact) mass is 450 g/mol. The zero-order valence-corrected chi connectivity index (χ0v) is 17.2. The van der Waals surface area contributed by atoms with E-state index in [4.69, 9.17) is 5.73 Å². The molecule has 2 aromatic heterocycles. The van der Waals surface area contributed by atoms with Crippen molar-refractivity contribution < 1.29 is 14.6 Å². The smallest absolute Gasteiger partial charge is 0.269 e. The molecule has 13 nitrogen and oxygen atoms in total. The number of aromatic nitrogens is 4. The van der Waals surface area contributed by atoms with Crippen LogP contribution >= 0.6 is 0 Å². The van der Waals surface area contributed by atoms with E-state index in [9.17, 15) is 25.0 Å². The molecular formula is C20H18N8O5. The van der Waals surface area contributed by atoms with E-state index in [0.717, 1.165) is 16.8 Å². The van der Waals surface area contributed by atoms with E-state index in [1.54, 1.807) is 36.7 Å². The maximum atomic E-state index is 10.8. The highest BCUT2D eigenvalue weighted by atomic mass is 16.6. The lowest BCUT2D eigenvalue weighted by molar-refractivity contribution is -0.385. The van der Waals surface area contributed by atoms with Gasteiger partial charge in [-0.3, -0.25) is 30.3 Å². The van der Waals surface area contributed by atoms with Gasteiger partial charge in [-0.2, -0.15) is 0 Å². The largest absolute Gasteiger partial charge is 0.369 e. The van der Waals surface area contributed by atoms with Crippen molar-refractivity contribution in [3.05, 3.63) is 81.2 Å². The van der Waals surface area contributed by atoms with Crippen molar-refractivity contribution in [1.29, 1.82) is 0 Å². The molecule has 5 N–H and O–H groups in total. The molecule has 0 saturated heterocycles. The number of hydrogen-bond donors (Lipinski definition) is 4. The fourth-order valence-corrected chi connectivity index (χ4v) is 2.71. The molecule has 0 aliphatic carbocycles. The number of nitrogens with one attached hydrogen (secondary N) is 3. The van der Waals surface area contributed by atoms with Crippen LogP contribution in [0.25, 0.3) is 22.5 Å². The van der Waals surface area contributed by atoms with E-state index < -0.39 is 9.85 Å². The fourth-order valence-electron chi connectivity index (χ4n) is 2.71. The highest BCUT2D eigenvalue weighted by Crippen LogP contribution is 2.22. The second-order valence-corrected chi connectivity index (χ2v) is 6.62. The minimum absolute atomic E-state index is 0.0281. The van der Waals surface area contributed by atoms with Gasteiger partial charge >= 0.3 is 0 Å². The van der Waals surface area contributed by atoms with Gasteiger partial charge in [-0.15, -0.1) is 0 Å². The summed E-state index contributed by atoms with van der Waals surface area (Å²) in [5.41, 5.74) is 8.49. The van der Waals surface area contributed by atoms with Crippen molar-refractivity contribution in [2.75, 3.05) is 11.1 Å². The quantitative estimate of drug-likeness (QED) is 0.261. The molecule has 168 valence electrons. The van der Waals surface area contributed by atoms with Crippen LogP contribution in [0.2, 0.25) is 0 Å². The summed E-state index contributed by atoms with van der Waals surface area (Å²) in [6, 6.07) is 12.2. The Morgan fingerprint density at radius 2 is 1.30 bits per heavy atom. The second kappa shape index (κ2) is 9.82. The van der Waals surface area contributed by atoms with Crippen molar-refractivity contribution in [3.8, 4) is 22.5 Å². The molecule has 0 atom stereocenters. The summed E-state index contributed by atoms with van der Waals surface area (Å²) < 4.78 is 0. The number of carbonyl (C=O) groups excluding carboxylic acids is 1. The molecule has 0 aliphatic rings. The molecule has 13 heteroatoms. The maximum Gasteiger partial charge on any atom is 0.269 e. The summed E-state index contributed by atoms with van der Waals surface area (Å²) >= 11 is 0. The molecular weight excluding hydrogens is 432 g/mol. The summed E-state index contributed by atoms with van der Waals surface area (Å²) in [5.74, 6) is 0.443. The molecule has 4 aromatic rings. The minimum Gasteiger partial charge on any atom is -0.369 e. The molecule has 0 spiro atoms. The van der Waals surface area contributed by atoms with Gasteiger partial charge in [0, 0.05) is 42.3 Å². The van der Waals surface area contributed by atoms with Crippen LogP contribution in [0, 0.1) is 20.2 Å². The number of benzene rings is 2. The third-order valence-corrected chi connectivity index (χ3v) is 4.24. The first-order valence-corrected chi connectivity index (χ1v) is 9.35. The number of nitrogen functional groups attached to an aromatic ring is 1. The van der Waals surface area contributed by atoms with Crippen molar-refractivity contribution in [2.24, 2.45) is 0 Å².